The van der Waals surface area contributed by atoms with Gasteiger partial charge in [-0.05, 0) is 18.4 Å². The molecule has 2 aromatic heterocycles. The number of rotatable bonds is 2. The summed E-state index contributed by atoms with van der Waals surface area (Å²) in [7, 11) is 0. The molecule has 0 fully saturated rings. The van der Waals surface area contributed by atoms with Crippen molar-refractivity contribution in [2.45, 2.75) is 6.92 Å². The van der Waals surface area contributed by atoms with E-state index in [1.165, 1.54) is 5.56 Å². The summed E-state index contributed by atoms with van der Waals surface area (Å²) < 4.78 is 0. The van der Waals surface area contributed by atoms with Crippen LogP contribution in [0.15, 0.2) is 47.2 Å². The smallest absolute Gasteiger partial charge is 0.138 e. The van der Waals surface area contributed by atoms with Crippen molar-refractivity contribution in [3.8, 4) is 22.6 Å². The number of thiophene rings is 1. The highest BCUT2D eigenvalue weighted by Gasteiger charge is 2.10. The van der Waals surface area contributed by atoms with Crippen LogP contribution >= 0.6 is 11.3 Å². The van der Waals surface area contributed by atoms with E-state index in [1.54, 1.807) is 11.3 Å². The molecule has 0 aliphatic heterocycles. The van der Waals surface area contributed by atoms with Gasteiger partial charge in [-0.15, -0.1) is 0 Å². The van der Waals surface area contributed by atoms with E-state index in [2.05, 4.69) is 45.9 Å². The third-order valence-corrected chi connectivity index (χ3v) is 3.41. The second kappa shape index (κ2) is 4.18. The molecule has 1 N–H and O–H groups in total. The first-order valence-corrected chi connectivity index (χ1v) is 6.43. The predicted octanol–water partition coefficient (Wildman–Crippen LogP) is 4.11. The minimum absolute atomic E-state index is 0.935. The van der Waals surface area contributed by atoms with Crippen LogP contribution < -0.4 is 0 Å². The van der Waals surface area contributed by atoms with Crippen LogP contribution in [0.2, 0.25) is 0 Å². The number of aryl methyl sites for hydroxylation is 1. The molecule has 0 amide bonds. The van der Waals surface area contributed by atoms with E-state index >= 15 is 0 Å². The molecule has 84 valence electrons. The van der Waals surface area contributed by atoms with Gasteiger partial charge >= 0.3 is 0 Å². The zero-order chi connectivity index (χ0) is 11.7. The summed E-state index contributed by atoms with van der Waals surface area (Å²) in [5.41, 5.74) is 4.47. The molecule has 1 aromatic carbocycles. The summed E-state index contributed by atoms with van der Waals surface area (Å²) >= 11 is 1.69. The molecule has 0 radical (unpaired) electrons. The van der Waals surface area contributed by atoms with E-state index in [4.69, 9.17) is 0 Å². The molecule has 0 unspecified atom stereocenters. The van der Waals surface area contributed by atoms with Gasteiger partial charge in [0.25, 0.3) is 0 Å². The Balaban J connectivity index is 2.08. The maximum absolute atomic E-state index is 4.67. The van der Waals surface area contributed by atoms with Gasteiger partial charge in [0.1, 0.15) is 5.82 Å². The van der Waals surface area contributed by atoms with Gasteiger partial charge in [0.05, 0.1) is 5.69 Å². The predicted molar refractivity (Wildman–Crippen MR) is 72.1 cm³/mol. The van der Waals surface area contributed by atoms with E-state index in [-0.39, 0.29) is 0 Å². The zero-order valence-corrected chi connectivity index (χ0v) is 10.3. The molecule has 0 saturated heterocycles. The van der Waals surface area contributed by atoms with E-state index in [1.807, 2.05) is 18.2 Å². The van der Waals surface area contributed by atoms with E-state index < -0.39 is 0 Å². The quantitative estimate of drug-likeness (QED) is 0.717. The number of nitrogens with zero attached hydrogens (tertiary/aromatic N) is 1. The molecule has 0 spiro atoms. The molecule has 0 aliphatic carbocycles. The van der Waals surface area contributed by atoms with Crippen LogP contribution in [0.3, 0.4) is 0 Å². The number of hydrogen-bond donors (Lipinski definition) is 1. The maximum atomic E-state index is 4.67. The van der Waals surface area contributed by atoms with Crippen molar-refractivity contribution in [3.05, 3.63) is 52.9 Å². The third kappa shape index (κ3) is 1.89. The van der Waals surface area contributed by atoms with Crippen molar-refractivity contribution < 1.29 is 0 Å². The number of H-pyrrole nitrogens is 1. The van der Waals surface area contributed by atoms with Gasteiger partial charge in [0.2, 0.25) is 0 Å². The molecule has 0 saturated carbocycles. The lowest BCUT2D eigenvalue weighted by molar-refractivity contribution is 1.26. The highest BCUT2D eigenvalue weighted by molar-refractivity contribution is 7.08. The molecular weight excluding hydrogens is 228 g/mol. The zero-order valence-electron chi connectivity index (χ0n) is 9.47. The van der Waals surface area contributed by atoms with E-state index in [9.17, 15) is 0 Å². The topological polar surface area (TPSA) is 28.7 Å². The Morgan fingerprint density at radius 2 is 1.88 bits per heavy atom. The van der Waals surface area contributed by atoms with Crippen LogP contribution in [0.4, 0.5) is 0 Å². The van der Waals surface area contributed by atoms with Crippen LogP contribution in [0, 0.1) is 6.92 Å². The summed E-state index contributed by atoms with van der Waals surface area (Å²) in [5.74, 6) is 0.935. The lowest BCUT2D eigenvalue weighted by Gasteiger charge is -1.94. The Bertz CT molecular complexity index is 609. The lowest BCUT2D eigenvalue weighted by Crippen LogP contribution is -1.79. The summed E-state index contributed by atoms with van der Waals surface area (Å²) in [6, 6.07) is 12.3. The van der Waals surface area contributed by atoms with Crippen LogP contribution in [0.25, 0.3) is 22.6 Å². The normalized spacial score (nSPS) is 10.6. The molecule has 2 nitrogen and oxygen atoms in total. The second-order valence-corrected chi connectivity index (χ2v) is 4.72. The molecule has 2 heterocycles. The van der Waals surface area contributed by atoms with Crippen molar-refractivity contribution >= 4 is 11.3 Å². The van der Waals surface area contributed by atoms with E-state index in [0.717, 1.165) is 22.8 Å². The Labute approximate surface area is 104 Å². The fourth-order valence-corrected chi connectivity index (χ4v) is 2.51. The summed E-state index contributed by atoms with van der Waals surface area (Å²) in [5, 5.41) is 4.20. The largest absolute Gasteiger partial charge is 0.342 e. The first-order valence-electron chi connectivity index (χ1n) is 5.49. The van der Waals surface area contributed by atoms with Crippen LogP contribution in [0.1, 0.15) is 5.69 Å². The summed E-state index contributed by atoms with van der Waals surface area (Å²) in [6.45, 7) is 2.06. The van der Waals surface area contributed by atoms with Crippen LogP contribution in [0.5, 0.6) is 0 Å². The number of benzene rings is 1. The Kier molecular flexibility index (Phi) is 2.53. The van der Waals surface area contributed by atoms with Crippen molar-refractivity contribution in [2.24, 2.45) is 0 Å². The van der Waals surface area contributed by atoms with Gasteiger partial charge in [-0.25, -0.2) is 4.98 Å². The standard InChI is InChI=1S/C14H12N2S/c1-10-13(12-7-8-17-9-12)16-14(15-10)11-5-3-2-4-6-11/h2-9H,1H3,(H,15,16). The first kappa shape index (κ1) is 10.3. The van der Waals surface area contributed by atoms with Crippen LogP contribution in [-0.4, -0.2) is 9.97 Å². The second-order valence-electron chi connectivity index (χ2n) is 3.94. The highest BCUT2D eigenvalue weighted by atomic mass is 32.1. The average Bonchev–Trinajstić information content (AvgIpc) is 2.99. The SMILES string of the molecule is Cc1[nH]c(-c2ccccc2)nc1-c1ccsc1. The minimum atomic E-state index is 0.935. The first-order chi connectivity index (χ1) is 8.34. The molecule has 0 atom stereocenters. The molecule has 3 rings (SSSR count). The number of aromatic amines is 1. The van der Waals surface area contributed by atoms with Crippen molar-refractivity contribution in [1.29, 1.82) is 0 Å². The lowest BCUT2D eigenvalue weighted by atomic mass is 10.2. The molecule has 17 heavy (non-hydrogen) atoms. The monoisotopic (exact) mass is 240 g/mol. The highest BCUT2D eigenvalue weighted by Crippen LogP contribution is 2.26. The van der Waals surface area contributed by atoms with Gasteiger partial charge in [-0.2, -0.15) is 11.3 Å². The fourth-order valence-electron chi connectivity index (χ4n) is 1.87. The Morgan fingerprint density at radius 1 is 1.06 bits per heavy atom. The number of hydrogen-bond acceptors (Lipinski definition) is 2. The van der Waals surface area contributed by atoms with Crippen LogP contribution in [-0.2, 0) is 0 Å². The third-order valence-electron chi connectivity index (χ3n) is 2.73. The molecule has 0 aliphatic rings. The van der Waals surface area contributed by atoms with Crippen molar-refractivity contribution in [3.63, 3.8) is 0 Å². The Morgan fingerprint density at radius 3 is 2.59 bits per heavy atom. The number of imidazole rings is 1. The van der Waals surface area contributed by atoms with E-state index in [0.29, 0.717) is 0 Å². The number of nitrogens with one attached hydrogen (secondary N) is 1. The number of aromatic nitrogens is 2. The molecular formula is C14H12N2S. The summed E-state index contributed by atoms with van der Waals surface area (Å²) in [4.78, 5) is 8.02. The van der Waals surface area contributed by atoms with Gasteiger partial charge in [0.15, 0.2) is 0 Å². The Hall–Kier alpha value is -1.87. The van der Waals surface area contributed by atoms with Crippen molar-refractivity contribution in [2.75, 3.05) is 0 Å². The minimum Gasteiger partial charge on any atom is -0.342 e. The fraction of sp³-hybridized carbons (Fsp3) is 0.0714. The summed E-state index contributed by atoms with van der Waals surface area (Å²) in [6.07, 6.45) is 0. The molecule has 0 bridgehead atoms. The van der Waals surface area contributed by atoms with Gasteiger partial charge in [0, 0.05) is 22.2 Å². The van der Waals surface area contributed by atoms with Gasteiger partial charge in [-0.3, -0.25) is 0 Å². The van der Waals surface area contributed by atoms with Gasteiger partial charge < -0.3 is 4.98 Å². The van der Waals surface area contributed by atoms with Gasteiger partial charge in [-0.1, -0.05) is 30.3 Å². The van der Waals surface area contributed by atoms with Crippen molar-refractivity contribution in [1.82, 2.24) is 9.97 Å². The average molecular weight is 240 g/mol. The maximum Gasteiger partial charge on any atom is 0.138 e. The molecule has 3 aromatic rings. The molecule has 3 heteroatoms.